The normalized spacial score (nSPS) is 18.6. The topological polar surface area (TPSA) is 97.5 Å². The number of nitrogens with zero attached hydrogens (tertiary/aromatic N) is 2. The van der Waals surface area contributed by atoms with Gasteiger partial charge in [-0.1, -0.05) is 0 Å². The van der Waals surface area contributed by atoms with Gasteiger partial charge >= 0.3 is 0 Å². The smallest absolute Gasteiger partial charge is 0.242 e. The van der Waals surface area contributed by atoms with Crippen molar-refractivity contribution in [1.82, 2.24) is 14.6 Å². The lowest BCUT2D eigenvalue weighted by molar-refractivity contribution is 0.0354. The van der Waals surface area contributed by atoms with E-state index in [4.69, 9.17) is 10.5 Å². The van der Waals surface area contributed by atoms with Crippen LogP contribution in [0.5, 0.6) is 0 Å². The highest BCUT2D eigenvalue weighted by atomic mass is 32.2. The van der Waals surface area contributed by atoms with Crippen molar-refractivity contribution in [3.05, 3.63) is 24.0 Å². The standard InChI is InChI=1S/C13H22N4O3S/c1-11(10-17-5-7-20-8-6-17)16-21(18,19)13-3-2-4-15-12(13)9-14/h2-4,11,16H,5-10,14H2,1H3. The second-order valence-corrected chi connectivity index (χ2v) is 6.77. The van der Waals surface area contributed by atoms with E-state index in [-0.39, 0.29) is 17.5 Å². The molecule has 1 fully saturated rings. The van der Waals surface area contributed by atoms with Crippen LogP contribution >= 0.6 is 0 Å². The summed E-state index contributed by atoms with van der Waals surface area (Å²) < 4.78 is 32.8. The van der Waals surface area contributed by atoms with E-state index in [0.29, 0.717) is 25.5 Å². The van der Waals surface area contributed by atoms with Crippen molar-refractivity contribution in [2.45, 2.75) is 24.4 Å². The number of aromatic nitrogens is 1. The molecule has 0 bridgehead atoms. The van der Waals surface area contributed by atoms with Crippen LogP contribution in [-0.4, -0.2) is 57.2 Å². The van der Waals surface area contributed by atoms with Crippen molar-refractivity contribution in [3.63, 3.8) is 0 Å². The van der Waals surface area contributed by atoms with E-state index in [1.807, 2.05) is 6.92 Å². The summed E-state index contributed by atoms with van der Waals surface area (Å²) in [4.78, 5) is 6.35. The highest BCUT2D eigenvalue weighted by Crippen LogP contribution is 2.13. The summed E-state index contributed by atoms with van der Waals surface area (Å²) in [5.41, 5.74) is 5.93. The third-order valence-electron chi connectivity index (χ3n) is 3.32. The van der Waals surface area contributed by atoms with Crippen LogP contribution in [0.1, 0.15) is 12.6 Å². The Balaban J connectivity index is 2.02. The molecule has 1 saturated heterocycles. The van der Waals surface area contributed by atoms with Gasteiger partial charge in [-0.15, -0.1) is 0 Å². The fourth-order valence-corrected chi connectivity index (χ4v) is 3.79. The van der Waals surface area contributed by atoms with Gasteiger partial charge in [-0.25, -0.2) is 13.1 Å². The van der Waals surface area contributed by atoms with Crippen LogP contribution in [0.3, 0.4) is 0 Å². The quantitative estimate of drug-likeness (QED) is 0.737. The second kappa shape index (κ2) is 7.28. The third-order valence-corrected chi connectivity index (χ3v) is 4.99. The molecule has 1 atom stereocenters. The molecule has 3 N–H and O–H groups in total. The number of sulfonamides is 1. The first kappa shape index (κ1) is 16.3. The van der Waals surface area contributed by atoms with Crippen LogP contribution in [0.2, 0.25) is 0 Å². The minimum atomic E-state index is -3.60. The van der Waals surface area contributed by atoms with Crippen LogP contribution in [-0.2, 0) is 21.3 Å². The van der Waals surface area contributed by atoms with E-state index in [1.54, 1.807) is 12.3 Å². The Morgan fingerprint density at radius 1 is 1.48 bits per heavy atom. The van der Waals surface area contributed by atoms with E-state index >= 15 is 0 Å². The molecule has 0 spiro atoms. The van der Waals surface area contributed by atoms with E-state index < -0.39 is 10.0 Å². The predicted octanol–water partition coefficient (Wildman–Crippen LogP) is -0.461. The summed E-state index contributed by atoms with van der Waals surface area (Å²) in [6.07, 6.45) is 1.54. The SMILES string of the molecule is CC(CN1CCOCC1)NS(=O)(=O)c1cccnc1CN. The molecule has 118 valence electrons. The van der Waals surface area contributed by atoms with Gasteiger partial charge in [-0.2, -0.15) is 0 Å². The fourth-order valence-electron chi connectivity index (χ4n) is 2.36. The van der Waals surface area contributed by atoms with Crippen LogP contribution < -0.4 is 10.5 Å². The first-order valence-corrected chi connectivity index (χ1v) is 8.47. The molecule has 0 amide bonds. The number of morpholine rings is 1. The van der Waals surface area contributed by atoms with Crippen molar-refractivity contribution >= 4 is 10.0 Å². The Hall–Kier alpha value is -1.06. The molecule has 2 heterocycles. The average Bonchev–Trinajstić information content (AvgIpc) is 2.47. The highest BCUT2D eigenvalue weighted by molar-refractivity contribution is 7.89. The molecule has 1 aromatic heterocycles. The van der Waals surface area contributed by atoms with E-state index in [0.717, 1.165) is 13.1 Å². The molecule has 21 heavy (non-hydrogen) atoms. The maximum absolute atomic E-state index is 12.4. The van der Waals surface area contributed by atoms with Crippen LogP contribution in [0, 0.1) is 0 Å². The number of ether oxygens (including phenoxy) is 1. The molecule has 2 rings (SSSR count). The summed E-state index contributed by atoms with van der Waals surface area (Å²) in [5, 5.41) is 0. The van der Waals surface area contributed by atoms with E-state index in [1.165, 1.54) is 6.07 Å². The van der Waals surface area contributed by atoms with Gasteiger partial charge in [0.2, 0.25) is 10.0 Å². The molecular weight excluding hydrogens is 292 g/mol. The second-order valence-electron chi connectivity index (χ2n) is 5.09. The van der Waals surface area contributed by atoms with Gasteiger partial charge in [0.15, 0.2) is 0 Å². The Bertz CT molecular complexity index is 558. The van der Waals surface area contributed by atoms with Crippen molar-refractivity contribution in [2.24, 2.45) is 5.73 Å². The van der Waals surface area contributed by atoms with Crippen LogP contribution in [0.25, 0.3) is 0 Å². The van der Waals surface area contributed by atoms with Gasteiger partial charge in [0.25, 0.3) is 0 Å². The fraction of sp³-hybridized carbons (Fsp3) is 0.615. The molecular formula is C13H22N4O3S. The van der Waals surface area contributed by atoms with Crippen LogP contribution in [0.4, 0.5) is 0 Å². The van der Waals surface area contributed by atoms with Crippen molar-refractivity contribution in [1.29, 1.82) is 0 Å². The zero-order valence-corrected chi connectivity index (χ0v) is 13.0. The molecule has 0 radical (unpaired) electrons. The molecule has 8 heteroatoms. The lowest BCUT2D eigenvalue weighted by Crippen LogP contribution is -2.46. The summed E-state index contributed by atoms with van der Waals surface area (Å²) in [5.74, 6) is 0. The van der Waals surface area contributed by atoms with Gasteiger partial charge in [-0.3, -0.25) is 9.88 Å². The number of hydrogen-bond donors (Lipinski definition) is 2. The van der Waals surface area contributed by atoms with Crippen molar-refractivity contribution < 1.29 is 13.2 Å². The molecule has 1 unspecified atom stereocenters. The van der Waals surface area contributed by atoms with Crippen molar-refractivity contribution in [2.75, 3.05) is 32.8 Å². The Kier molecular flexibility index (Phi) is 5.65. The van der Waals surface area contributed by atoms with Gasteiger partial charge in [-0.05, 0) is 19.1 Å². The van der Waals surface area contributed by atoms with Gasteiger partial charge in [0, 0.05) is 38.4 Å². The predicted molar refractivity (Wildman–Crippen MR) is 79.2 cm³/mol. The number of nitrogens with two attached hydrogens (primary N) is 1. The number of pyridine rings is 1. The minimum absolute atomic E-state index is 0.0922. The minimum Gasteiger partial charge on any atom is -0.379 e. The molecule has 1 aliphatic heterocycles. The summed E-state index contributed by atoms with van der Waals surface area (Å²) in [6, 6.07) is 2.93. The number of rotatable bonds is 6. The van der Waals surface area contributed by atoms with Gasteiger partial charge < -0.3 is 10.5 Å². The first-order chi connectivity index (χ1) is 10.0. The lowest BCUT2D eigenvalue weighted by Gasteiger charge is -2.29. The molecule has 0 aliphatic carbocycles. The van der Waals surface area contributed by atoms with Gasteiger partial charge in [0.05, 0.1) is 18.9 Å². The Morgan fingerprint density at radius 3 is 2.86 bits per heavy atom. The molecule has 1 aliphatic rings. The maximum Gasteiger partial charge on any atom is 0.242 e. The van der Waals surface area contributed by atoms with E-state index in [9.17, 15) is 8.42 Å². The zero-order chi connectivity index (χ0) is 15.3. The zero-order valence-electron chi connectivity index (χ0n) is 12.2. The molecule has 1 aromatic rings. The first-order valence-electron chi connectivity index (χ1n) is 6.99. The van der Waals surface area contributed by atoms with Crippen LogP contribution in [0.15, 0.2) is 23.2 Å². The molecule has 0 aromatic carbocycles. The number of nitrogens with one attached hydrogen (secondary N) is 1. The van der Waals surface area contributed by atoms with Crippen molar-refractivity contribution in [3.8, 4) is 0 Å². The third kappa shape index (κ3) is 4.45. The maximum atomic E-state index is 12.4. The average molecular weight is 314 g/mol. The Morgan fingerprint density at radius 2 is 2.19 bits per heavy atom. The monoisotopic (exact) mass is 314 g/mol. The highest BCUT2D eigenvalue weighted by Gasteiger charge is 2.22. The Labute approximate surface area is 125 Å². The largest absolute Gasteiger partial charge is 0.379 e. The molecule has 0 saturated carbocycles. The lowest BCUT2D eigenvalue weighted by atomic mass is 10.3. The van der Waals surface area contributed by atoms with E-state index in [2.05, 4.69) is 14.6 Å². The van der Waals surface area contributed by atoms with Gasteiger partial charge in [0.1, 0.15) is 4.90 Å². The molecule has 7 nitrogen and oxygen atoms in total. The number of hydrogen-bond acceptors (Lipinski definition) is 6. The summed E-state index contributed by atoms with van der Waals surface area (Å²) >= 11 is 0. The summed E-state index contributed by atoms with van der Waals surface area (Å²) in [7, 11) is -3.60. The summed E-state index contributed by atoms with van der Waals surface area (Å²) in [6.45, 7) is 5.64.